The Labute approximate surface area is 175 Å². The van der Waals surface area contributed by atoms with Gasteiger partial charge < -0.3 is 20.1 Å². The lowest BCUT2D eigenvalue weighted by atomic mass is 10.1. The summed E-state index contributed by atoms with van der Waals surface area (Å²) < 4.78 is 10.2. The van der Waals surface area contributed by atoms with Gasteiger partial charge in [0.05, 0.1) is 19.2 Å². The quantitative estimate of drug-likeness (QED) is 0.512. The molecule has 1 atom stereocenters. The minimum Gasteiger partial charge on any atom is -0.495 e. The van der Waals surface area contributed by atoms with Gasteiger partial charge in [-0.05, 0) is 55.2 Å². The molecule has 0 fully saturated rings. The van der Waals surface area contributed by atoms with Gasteiger partial charge in [-0.25, -0.2) is 0 Å². The van der Waals surface area contributed by atoms with Crippen LogP contribution in [0.2, 0.25) is 0 Å². The lowest BCUT2D eigenvalue weighted by Gasteiger charge is -2.11. The van der Waals surface area contributed by atoms with E-state index in [9.17, 15) is 14.4 Å². The average Bonchev–Trinajstić information content (AvgIpc) is 3.26. The fourth-order valence-electron chi connectivity index (χ4n) is 3.13. The van der Waals surface area contributed by atoms with E-state index in [0.717, 1.165) is 12.8 Å². The van der Waals surface area contributed by atoms with E-state index in [2.05, 4.69) is 10.6 Å². The zero-order valence-corrected chi connectivity index (χ0v) is 16.7. The van der Waals surface area contributed by atoms with Crippen LogP contribution in [0, 0.1) is 5.92 Å². The van der Waals surface area contributed by atoms with Gasteiger partial charge in [0.25, 0.3) is 11.8 Å². The van der Waals surface area contributed by atoms with E-state index < -0.39 is 5.91 Å². The number of methoxy groups -OCH3 is 1. The zero-order valence-electron chi connectivity index (χ0n) is 16.7. The van der Waals surface area contributed by atoms with E-state index in [1.54, 1.807) is 42.5 Å². The fraction of sp³-hybridized carbons (Fsp3) is 0.261. The Kier molecular flexibility index (Phi) is 7.21. The Balaban J connectivity index is 1.47. The number of hydrogen-bond acceptors (Lipinski definition) is 5. The lowest BCUT2D eigenvalue weighted by Crippen LogP contribution is -2.21. The van der Waals surface area contributed by atoms with Gasteiger partial charge >= 0.3 is 5.97 Å². The van der Waals surface area contributed by atoms with Crippen LogP contribution in [0.3, 0.4) is 0 Å². The predicted octanol–water partition coefficient (Wildman–Crippen LogP) is 3.79. The molecule has 3 rings (SSSR count). The highest BCUT2D eigenvalue weighted by atomic mass is 16.5. The number of rotatable bonds is 8. The van der Waals surface area contributed by atoms with Crippen molar-refractivity contribution in [2.75, 3.05) is 24.4 Å². The maximum absolute atomic E-state index is 12.4. The molecule has 0 heterocycles. The van der Waals surface area contributed by atoms with Crippen LogP contribution < -0.4 is 15.4 Å². The van der Waals surface area contributed by atoms with Crippen molar-refractivity contribution in [1.82, 2.24) is 0 Å². The summed E-state index contributed by atoms with van der Waals surface area (Å²) in [6.45, 7) is -0.342. The Morgan fingerprint density at radius 2 is 1.80 bits per heavy atom. The molecule has 156 valence electrons. The Morgan fingerprint density at radius 3 is 2.50 bits per heavy atom. The summed E-state index contributed by atoms with van der Waals surface area (Å²) in [6, 6.07) is 13.5. The first kappa shape index (κ1) is 21.1. The second-order valence-corrected chi connectivity index (χ2v) is 6.91. The van der Waals surface area contributed by atoms with Gasteiger partial charge in [0.15, 0.2) is 6.61 Å². The topological polar surface area (TPSA) is 93.7 Å². The summed E-state index contributed by atoms with van der Waals surface area (Å²) in [7, 11) is 1.53. The van der Waals surface area contributed by atoms with Gasteiger partial charge in [-0.3, -0.25) is 14.4 Å². The number of carbonyl (C=O) groups excluding carboxylic acids is 3. The average molecular weight is 408 g/mol. The molecule has 0 unspecified atom stereocenters. The zero-order chi connectivity index (χ0) is 21.3. The first-order valence-electron chi connectivity index (χ1n) is 9.71. The number of benzene rings is 2. The van der Waals surface area contributed by atoms with Crippen LogP contribution in [0.1, 0.15) is 29.6 Å². The van der Waals surface area contributed by atoms with Crippen LogP contribution in [-0.4, -0.2) is 31.5 Å². The van der Waals surface area contributed by atoms with E-state index in [0.29, 0.717) is 29.1 Å². The number of hydrogen-bond donors (Lipinski definition) is 2. The maximum atomic E-state index is 12.4. The third kappa shape index (κ3) is 5.94. The molecular formula is C23H24N2O5. The minimum absolute atomic E-state index is 0.204. The summed E-state index contributed by atoms with van der Waals surface area (Å²) in [5.74, 6) is -0.350. The van der Waals surface area contributed by atoms with Gasteiger partial charge in [0, 0.05) is 11.3 Å². The number of carbonyl (C=O) groups is 3. The molecule has 7 nitrogen and oxygen atoms in total. The minimum atomic E-state index is -0.434. The van der Waals surface area contributed by atoms with Gasteiger partial charge in [-0.15, -0.1) is 0 Å². The van der Waals surface area contributed by atoms with Crippen LogP contribution in [0.5, 0.6) is 5.75 Å². The lowest BCUT2D eigenvalue weighted by molar-refractivity contribution is -0.147. The molecule has 2 aromatic carbocycles. The van der Waals surface area contributed by atoms with Crippen molar-refractivity contribution >= 4 is 29.2 Å². The molecule has 0 saturated carbocycles. The molecule has 2 N–H and O–H groups in total. The van der Waals surface area contributed by atoms with Crippen LogP contribution in [-0.2, 0) is 14.3 Å². The highest BCUT2D eigenvalue weighted by molar-refractivity contribution is 6.05. The summed E-state index contributed by atoms with van der Waals surface area (Å²) in [5.41, 5.74) is 1.50. The number of esters is 1. The molecule has 0 radical (unpaired) electrons. The summed E-state index contributed by atoms with van der Waals surface area (Å²) in [5, 5.41) is 5.43. The van der Waals surface area contributed by atoms with E-state index in [1.165, 1.54) is 7.11 Å². The molecule has 7 heteroatoms. The van der Waals surface area contributed by atoms with Crippen LogP contribution >= 0.6 is 0 Å². The first-order chi connectivity index (χ1) is 14.5. The second-order valence-electron chi connectivity index (χ2n) is 6.91. The normalized spacial score (nSPS) is 14.8. The highest BCUT2D eigenvalue weighted by Crippen LogP contribution is 2.24. The van der Waals surface area contributed by atoms with Crippen molar-refractivity contribution in [3.63, 3.8) is 0 Å². The molecule has 0 aliphatic heterocycles. The number of para-hydroxylation sites is 2. The second kappa shape index (κ2) is 10.2. The van der Waals surface area contributed by atoms with Crippen molar-refractivity contribution in [3.05, 3.63) is 66.2 Å². The number of nitrogens with one attached hydrogen (secondary N) is 2. The molecule has 0 bridgehead atoms. The molecule has 2 aromatic rings. The predicted molar refractivity (Wildman–Crippen MR) is 113 cm³/mol. The Hall–Kier alpha value is -3.61. The van der Waals surface area contributed by atoms with E-state index in [4.69, 9.17) is 9.47 Å². The third-order valence-corrected chi connectivity index (χ3v) is 4.69. The number of anilines is 2. The summed E-state index contributed by atoms with van der Waals surface area (Å²) in [6.07, 6.45) is 6.27. The molecule has 1 aliphatic rings. The number of amides is 2. The maximum Gasteiger partial charge on any atom is 0.306 e. The Morgan fingerprint density at radius 1 is 1.03 bits per heavy atom. The van der Waals surface area contributed by atoms with Crippen LogP contribution in [0.15, 0.2) is 60.7 Å². The summed E-state index contributed by atoms with van der Waals surface area (Å²) >= 11 is 0. The highest BCUT2D eigenvalue weighted by Gasteiger charge is 2.16. The number of ether oxygens (including phenoxy) is 2. The van der Waals surface area contributed by atoms with Gasteiger partial charge in [0.2, 0.25) is 0 Å². The molecule has 0 aromatic heterocycles. The van der Waals surface area contributed by atoms with Gasteiger partial charge in [0.1, 0.15) is 5.75 Å². The molecule has 0 saturated heterocycles. The molecule has 1 aliphatic carbocycles. The smallest absolute Gasteiger partial charge is 0.306 e. The number of allylic oxidation sites excluding steroid dienone is 2. The summed E-state index contributed by atoms with van der Waals surface area (Å²) in [4.78, 5) is 36.2. The molecule has 0 spiro atoms. The fourth-order valence-corrected chi connectivity index (χ4v) is 3.13. The van der Waals surface area contributed by atoms with Crippen molar-refractivity contribution in [3.8, 4) is 5.75 Å². The molecule has 2 amide bonds. The van der Waals surface area contributed by atoms with E-state index >= 15 is 0 Å². The van der Waals surface area contributed by atoms with Crippen molar-refractivity contribution in [2.45, 2.75) is 19.3 Å². The van der Waals surface area contributed by atoms with Crippen molar-refractivity contribution in [2.24, 2.45) is 5.92 Å². The Bertz CT molecular complexity index is 937. The van der Waals surface area contributed by atoms with Crippen LogP contribution in [0.4, 0.5) is 11.4 Å². The SMILES string of the molecule is COc1ccccc1NC(=O)c1ccc(NC(=O)COC(=O)C[C@@H]2C=CCC2)cc1. The van der Waals surface area contributed by atoms with Crippen LogP contribution in [0.25, 0.3) is 0 Å². The third-order valence-electron chi connectivity index (χ3n) is 4.69. The van der Waals surface area contributed by atoms with E-state index in [1.807, 2.05) is 18.2 Å². The van der Waals surface area contributed by atoms with Crippen molar-refractivity contribution in [1.29, 1.82) is 0 Å². The standard InChI is InChI=1S/C23H24N2O5/c1-29-20-9-5-4-8-19(20)25-23(28)17-10-12-18(13-11-17)24-21(26)15-30-22(27)14-16-6-2-3-7-16/h2,4-6,8-13,16H,3,7,14-15H2,1H3,(H,24,26)(H,25,28)/t16-/m1/s1. The monoisotopic (exact) mass is 408 g/mol. The van der Waals surface area contributed by atoms with Gasteiger partial charge in [-0.1, -0.05) is 24.3 Å². The van der Waals surface area contributed by atoms with Crippen molar-refractivity contribution < 1.29 is 23.9 Å². The molecule has 30 heavy (non-hydrogen) atoms. The first-order valence-corrected chi connectivity index (χ1v) is 9.71. The largest absolute Gasteiger partial charge is 0.495 e. The van der Waals surface area contributed by atoms with E-state index in [-0.39, 0.29) is 24.4 Å². The molecular weight excluding hydrogens is 384 g/mol. The van der Waals surface area contributed by atoms with Gasteiger partial charge in [-0.2, -0.15) is 0 Å².